The molecule has 0 saturated heterocycles. The van der Waals surface area contributed by atoms with Crippen molar-refractivity contribution >= 4 is 16.9 Å². The van der Waals surface area contributed by atoms with E-state index < -0.39 is 0 Å². The second-order valence-electron chi connectivity index (χ2n) is 7.49. The van der Waals surface area contributed by atoms with Crippen molar-refractivity contribution in [1.29, 1.82) is 0 Å². The predicted molar refractivity (Wildman–Crippen MR) is 113 cm³/mol. The number of amides is 2. The van der Waals surface area contributed by atoms with Gasteiger partial charge in [-0.3, -0.25) is 4.68 Å². The molecule has 1 aliphatic rings. The SMILES string of the molecule is CCCCNC(=O)N1CCc2c([nH]c3ccc(OC)cc23)[C@@H]1c1cnn(CC)c1. The van der Waals surface area contributed by atoms with Crippen molar-refractivity contribution in [3.05, 3.63) is 47.4 Å². The number of methoxy groups -OCH3 is 1. The van der Waals surface area contributed by atoms with E-state index in [1.54, 1.807) is 7.11 Å². The smallest absolute Gasteiger partial charge is 0.318 e. The lowest BCUT2D eigenvalue weighted by atomic mass is 9.94. The van der Waals surface area contributed by atoms with Crippen molar-refractivity contribution in [3.8, 4) is 5.75 Å². The third kappa shape index (κ3) is 3.57. The van der Waals surface area contributed by atoms with Gasteiger partial charge in [0.1, 0.15) is 11.8 Å². The molecule has 7 nitrogen and oxygen atoms in total. The van der Waals surface area contributed by atoms with Crippen LogP contribution in [0.5, 0.6) is 5.75 Å². The van der Waals surface area contributed by atoms with Gasteiger partial charge in [0.25, 0.3) is 0 Å². The molecule has 1 aliphatic heterocycles. The molecule has 0 aliphatic carbocycles. The summed E-state index contributed by atoms with van der Waals surface area (Å²) in [6.07, 6.45) is 6.76. The number of aryl methyl sites for hydroxylation is 1. The zero-order valence-corrected chi connectivity index (χ0v) is 17.4. The molecule has 0 unspecified atom stereocenters. The highest BCUT2D eigenvalue weighted by Crippen LogP contribution is 2.39. The maximum absolute atomic E-state index is 13.0. The van der Waals surface area contributed by atoms with E-state index in [1.165, 1.54) is 10.9 Å². The van der Waals surface area contributed by atoms with Gasteiger partial charge in [-0.25, -0.2) is 4.79 Å². The summed E-state index contributed by atoms with van der Waals surface area (Å²) in [5.41, 5.74) is 4.42. The Balaban J connectivity index is 1.77. The number of rotatable bonds is 6. The molecule has 0 fully saturated rings. The average molecular weight is 396 g/mol. The van der Waals surface area contributed by atoms with Crippen LogP contribution in [0.1, 0.15) is 49.6 Å². The van der Waals surface area contributed by atoms with Gasteiger partial charge < -0.3 is 19.9 Å². The largest absolute Gasteiger partial charge is 0.497 e. The van der Waals surface area contributed by atoms with Gasteiger partial charge in [0, 0.05) is 48.0 Å². The minimum absolute atomic E-state index is 0.0189. The third-order valence-corrected chi connectivity index (χ3v) is 5.69. The molecule has 0 radical (unpaired) electrons. The molecule has 2 N–H and O–H groups in total. The van der Waals surface area contributed by atoms with Gasteiger partial charge in [0.2, 0.25) is 0 Å². The molecular formula is C22H29N5O2. The monoisotopic (exact) mass is 395 g/mol. The number of H-pyrrole nitrogens is 1. The van der Waals surface area contributed by atoms with E-state index in [2.05, 4.69) is 35.3 Å². The number of aromatic nitrogens is 3. The molecule has 0 bridgehead atoms. The molecule has 2 aromatic heterocycles. The molecule has 4 rings (SSSR count). The standard InChI is InChI=1S/C22H29N5O2/c1-4-6-10-23-22(28)27-11-9-17-18-12-16(29-3)7-8-19(18)25-20(17)21(27)15-13-24-26(5-2)14-15/h7-8,12-14,21,25H,4-6,9-11H2,1-3H3,(H,23,28)/t21-/m0/s1. The van der Waals surface area contributed by atoms with Crippen LogP contribution in [0, 0.1) is 0 Å². The van der Waals surface area contributed by atoms with Crippen LogP contribution in [0.4, 0.5) is 4.79 Å². The van der Waals surface area contributed by atoms with Crippen LogP contribution < -0.4 is 10.1 Å². The number of hydrogen-bond donors (Lipinski definition) is 2. The van der Waals surface area contributed by atoms with E-state index in [-0.39, 0.29) is 12.1 Å². The maximum atomic E-state index is 13.0. The molecule has 154 valence electrons. The van der Waals surface area contributed by atoms with E-state index in [0.29, 0.717) is 13.1 Å². The summed E-state index contributed by atoms with van der Waals surface area (Å²) >= 11 is 0. The van der Waals surface area contributed by atoms with Crippen molar-refractivity contribution in [3.63, 3.8) is 0 Å². The second kappa shape index (κ2) is 8.19. The summed E-state index contributed by atoms with van der Waals surface area (Å²) in [7, 11) is 1.69. The Labute approximate surface area is 171 Å². The summed E-state index contributed by atoms with van der Waals surface area (Å²) in [5.74, 6) is 0.842. The highest BCUT2D eigenvalue weighted by Gasteiger charge is 2.35. The molecule has 3 aromatic rings. The first-order valence-corrected chi connectivity index (χ1v) is 10.4. The summed E-state index contributed by atoms with van der Waals surface area (Å²) in [6, 6.07) is 5.89. The van der Waals surface area contributed by atoms with E-state index in [4.69, 9.17) is 4.74 Å². The molecule has 0 saturated carbocycles. The molecule has 1 aromatic carbocycles. The number of fused-ring (bicyclic) bond motifs is 3. The zero-order chi connectivity index (χ0) is 20.4. The Morgan fingerprint density at radius 3 is 2.97 bits per heavy atom. The van der Waals surface area contributed by atoms with Crippen molar-refractivity contribution in [2.45, 2.75) is 45.7 Å². The van der Waals surface area contributed by atoms with Crippen LogP contribution in [-0.4, -0.2) is 45.9 Å². The Morgan fingerprint density at radius 2 is 2.24 bits per heavy atom. The van der Waals surface area contributed by atoms with Crippen LogP contribution in [0.15, 0.2) is 30.6 Å². The quantitative estimate of drug-likeness (QED) is 0.623. The van der Waals surface area contributed by atoms with E-state index in [0.717, 1.165) is 48.3 Å². The van der Waals surface area contributed by atoms with E-state index in [1.807, 2.05) is 34.1 Å². The lowest BCUT2D eigenvalue weighted by Crippen LogP contribution is -2.46. The molecule has 3 heterocycles. The zero-order valence-electron chi connectivity index (χ0n) is 17.4. The molecule has 2 amide bonds. The Hall–Kier alpha value is -2.96. The summed E-state index contributed by atoms with van der Waals surface area (Å²) < 4.78 is 7.33. The van der Waals surface area contributed by atoms with Crippen LogP contribution >= 0.6 is 0 Å². The summed E-state index contributed by atoms with van der Waals surface area (Å²) in [5, 5.41) is 8.71. The van der Waals surface area contributed by atoms with Crippen LogP contribution in [0.2, 0.25) is 0 Å². The fraction of sp³-hybridized carbons (Fsp3) is 0.455. The summed E-state index contributed by atoms with van der Waals surface area (Å²) in [6.45, 7) is 6.35. The Bertz CT molecular complexity index is 1010. The third-order valence-electron chi connectivity index (χ3n) is 5.69. The number of benzene rings is 1. The Morgan fingerprint density at radius 1 is 1.38 bits per heavy atom. The van der Waals surface area contributed by atoms with Crippen LogP contribution in [-0.2, 0) is 13.0 Å². The van der Waals surface area contributed by atoms with E-state index in [9.17, 15) is 4.79 Å². The number of nitrogens with zero attached hydrogens (tertiary/aromatic N) is 3. The number of hydrogen-bond acceptors (Lipinski definition) is 3. The number of carbonyl (C=O) groups excluding carboxylic acids is 1. The first-order valence-electron chi connectivity index (χ1n) is 10.4. The highest BCUT2D eigenvalue weighted by atomic mass is 16.5. The normalized spacial score (nSPS) is 16.1. The van der Waals surface area contributed by atoms with Gasteiger partial charge >= 0.3 is 6.03 Å². The van der Waals surface area contributed by atoms with E-state index >= 15 is 0 Å². The van der Waals surface area contributed by atoms with Crippen molar-refractivity contribution < 1.29 is 9.53 Å². The minimum atomic E-state index is -0.181. The number of ether oxygens (including phenoxy) is 1. The van der Waals surface area contributed by atoms with Crippen LogP contribution in [0.3, 0.4) is 0 Å². The molecule has 7 heteroatoms. The fourth-order valence-corrected chi connectivity index (χ4v) is 4.13. The van der Waals surface area contributed by atoms with Gasteiger partial charge in [-0.05, 0) is 43.5 Å². The maximum Gasteiger partial charge on any atom is 0.318 e. The molecule has 0 spiro atoms. The Kier molecular flexibility index (Phi) is 5.47. The number of urea groups is 1. The van der Waals surface area contributed by atoms with Crippen molar-refractivity contribution in [2.24, 2.45) is 0 Å². The lowest BCUT2D eigenvalue weighted by molar-refractivity contribution is 0.179. The number of carbonyl (C=O) groups is 1. The summed E-state index contributed by atoms with van der Waals surface area (Å²) in [4.78, 5) is 18.5. The average Bonchev–Trinajstić information content (AvgIpc) is 3.37. The van der Waals surface area contributed by atoms with Crippen LogP contribution in [0.25, 0.3) is 10.9 Å². The number of unbranched alkanes of at least 4 members (excludes halogenated alkanes) is 1. The predicted octanol–water partition coefficient (Wildman–Crippen LogP) is 3.85. The van der Waals surface area contributed by atoms with Gasteiger partial charge in [-0.2, -0.15) is 5.10 Å². The molecular weight excluding hydrogens is 366 g/mol. The topological polar surface area (TPSA) is 75.2 Å². The first-order chi connectivity index (χ1) is 14.2. The minimum Gasteiger partial charge on any atom is -0.497 e. The number of nitrogens with one attached hydrogen (secondary N) is 2. The second-order valence-corrected chi connectivity index (χ2v) is 7.49. The first kappa shape index (κ1) is 19.4. The van der Waals surface area contributed by atoms with Gasteiger partial charge in [0.15, 0.2) is 0 Å². The van der Waals surface area contributed by atoms with Gasteiger partial charge in [0.05, 0.1) is 13.3 Å². The van der Waals surface area contributed by atoms with Gasteiger partial charge in [-0.15, -0.1) is 0 Å². The number of aromatic amines is 1. The molecule has 29 heavy (non-hydrogen) atoms. The fourth-order valence-electron chi connectivity index (χ4n) is 4.13. The van der Waals surface area contributed by atoms with Gasteiger partial charge in [-0.1, -0.05) is 13.3 Å². The highest BCUT2D eigenvalue weighted by molar-refractivity contribution is 5.87. The molecule has 1 atom stereocenters. The lowest BCUT2D eigenvalue weighted by Gasteiger charge is -2.35. The van der Waals surface area contributed by atoms with Crippen molar-refractivity contribution in [2.75, 3.05) is 20.2 Å². The van der Waals surface area contributed by atoms with Crippen molar-refractivity contribution in [1.82, 2.24) is 25.0 Å².